The van der Waals surface area contributed by atoms with Gasteiger partial charge in [-0.2, -0.15) is 0 Å². The van der Waals surface area contributed by atoms with Crippen molar-refractivity contribution in [3.05, 3.63) is 76.5 Å². The molecule has 1 aromatic heterocycles. The Morgan fingerprint density at radius 1 is 0.939 bits per heavy atom. The van der Waals surface area contributed by atoms with E-state index in [9.17, 15) is 4.79 Å². The SMILES string of the molecule is COc1ccc(C(=O)N[C@H](C)[C@H](c2cccs2)N2CCN(c3ccccc3OC)CC2)cc1. The molecule has 1 amide bonds. The van der Waals surface area contributed by atoms with E-state index >= 15 is 0 Å². The Kier molecular flexibility index (Phi) is 7.52. The Bertz CT molecular complexity index is 1030. The van der Waals surface area contributed by atoms with E-state index in [0.717, 1.165) is 43.4 Å². The largest absolute Gasteiger partial charge is 0.497 e. The van der Waals surface area contributed by atoms with E-state index in [1.54, 1.807) is 37.7 Å². The second kappa shape index (κ2) is 10.7. The highest BCUT2D eigenvalue weighted by Crippen LogP contribution is 2.32. The standard InChI is InChI=1S/C26H31N3O3S/c1-19(27-26(30)20-10-12-21(31-2)13-11-20)25(24-9-6-18-33-24)29-16-14-28(15-17-29)22-7-4-5-8-23(22)32-3/h4-13,18-19,25H,14-17H2,1-3H3,(H,27,30)/t19-,25-/m1/s1. The van der Waals surface area contributed by atoms with Gasteiger partial charge in [0.2, 0.25) is 0 Å². The van der Waals surface area contributed by atoms with Gasteiger partial charge in [0.25, 0.3) is 5.91 Å². The van der Waals surface area contributed by atoms with Gasteiger partial charge in [-0.3, -0.25) is 9.69 Å². The molecule has 1 N–H and O–H groups in total. The molecule has 2 heterocycles. The number of carbonyl (C=O) groups is 1. The first-order chi connectivity index (χ1) is 16.1. The van der Waals surface area contributed by atoms with Crippen LogP contribution in [0.3, 0.4) is 0 Å². The van der Waals surface area contributed by atoms with E-state index in [1.807, 2.05) is 24.3 Å². The number of ether oxygens (including phenoxy) is 2. The van der Waals surface area contributed by atoms with Crippen molar-refractivity contribution in [3.63, 3.8) is 0 Å². The smallest absolute Gasteiger partial charge is 0.251 e. The summed E-state index contributed by atoms with van der Waals surface area (Å²) in [5.74, 6) is 1.57. The van der Waals surface area contributed by atoms with Gasteiger partial charge >= 0.3 is 0 Å². The number of carbonyl (C=O) groups excluding carboxylic acids is 1. The monoisotopic (exact) mass is 465 g/mol. The fraction of sp³-hybridized carbons (Fsp3) is 0.346. The van der Waals surface area contributed by atoms with Crippen molar-refractivity contribution >= 4 is 22.9 Å². The van der Waals surface area contributed by atoms with Gasteiger partial charge in [-0.25, -0.2) is 0 Å². The number of hydrogen-bond acceptors (Lipinski definition) is 6. The number of anilines is 1. The normalized spacial score (nSPS) is 16.2. The van der Waals surface area contributed by atoms with E-state index in [1.165, 1.54) is 4.88 Å². The van der Waals surface area contributed by atoms with Crippen LogP contribution in [0.15, 0.2) is 66.0 Å². The van der Waals surface area contributed by atoms with Crippen LogP contribution in [0, 0.1) is 0 Å². The lowest BCUT2D eigenvalue weighted by Gasteiger charge is -2.42. The second-order valence-electron chi connectivity index (χ2n) is 8.15. The quantitative estimate of drug-likeness (QED) is 0.533. The molecule has 0 saturated carbocycles. The van der Waals surface area contributed by atoms with Crippen molar-refractivity contribution in [2.45, 2.75) is 19.0 Å². The Labute approximate surface area is 199 Å². The number of thiophene rings is 1. The molecule has 1 aliphatic rings. The number of amides is 1. The minimum Gasteiger partial charge on any atom is -0.497 e. The van der Waals surface area contributed by atoms with Crippen LogP contribution in [0.1, 0.15) is 28.2 Å². The minimum absolute atomic E-state index is 0.0453. The van der Waals surface area contributed by atoms with Crippen molar-refractivity contribution in [1.29, 1.82) is 0 Å². The first-order valence-electron chi connectivity index (χ1n) is 11.2. The van der Waals surface area contributed by atoms with Crippen molar-refractivity contribution < 1.29 is 14.3 Å². The number of rotatable bonds is 8. The van der Waals surface area contributed by atoms with E-state index in [-0.39, 0.29) is 18.0 Å². The molecular weight excluding hydrogens is 434 g/mol. The third-order valence-corrected chi connectivity index (χ3v) is 7.10. The second-order valence-corrected chi connectivity index (χ2v) is 9.13. The lowest BCUT2D eigenvalue weighted by molar-refractivity contribution is 0.0890. The van der Waals surface area contributed by atoms with Crippen LogP contribution >= 0.6 is 11.3 Å². The zero-order valence-electron chi connectivity index (χ0n) is 19.4. The summed E-state index contributed by atoms with van der Waals surface area (Å²) in [5.41, 5.74) is 1.77. The van der Waals surface area contributed by atoms with Crippen LogP contribution in [-0.4, -0.2) is 57.2 Å². The molecule has 0 bridgehead atoms. The molecule has 6 nitrogen and oxygen atoms in total. The van der Waals surface area contributed by atoms with Gasteiger partial charge in [0.15, 0.2) is 0 Å². The first kappa shape index (κ1) is 23.1. The number of hydrogen-bond donors (Lipinski definition) is 1. The molecule has 2 aromatic carbocycles. The van der Waals surface area contributed by atoms with Crippen LogP contribution < -0.4 is 19.7 Å². The molecule has 1 saturated heterocycles. The summed E-state index contributed by atoms with van der Waals surface area (Å²) < 4.78 is 10.8. The van der Waals surface area contributed by atoms with Crippen LogP contribution in [0.2, 0.25) is 0 Å². The Balaban J connectivity index is 1.46. The van der Waals surface area contributed by atoms with Crippen LogP contribution in [0.4, 0.5) is 5.69 Å². The fourth-order valence-corrected chi connectivity index (χ4v) is 5.41. The van der Waals surface area contributed by atoms with E-state index in [0.29, 0.717) is 5.56 Å². The molecule has 174 valence electrons. The van der Waals surface area contributed by atoms with Gasteiger partial charge in [0, 0.05) is 42.7 Å². The molecule has 2 atom stereocenters. The van der Waals surface area contributed by atoms with Crippen LogP contribution in [-0.2, 0) is 0 Å². The summed E-state index contributed by atoms with van der Waals surface area (Å²) in [6, 6.07) is 19.7. The summed E-state index contributed by atoms with van der Waals surface area (Å²) in [6.45, 7) is 5.72. The first-order valence-corrected chi connectivity index (χ1v) is 12.1. The predicted molar refractivity (Wildman–Crippen MR) is 134 cm³/mol. The molecule has 0 spiro atoms. The highest BCUT2D eigenvalue weighted by atomic mass is 32.1. The number of benzene rings is 2. The van der Waals surface area contributed by atoms with Crippen molar-refractivity contribution in [2.75, 3.05) is 45.3 Å². The molecule has 0 radical (unpaired) electrons. The zero-order valence-corrected chi connectivity index (χ0v) is 20.2. The number of para-hydroxylation sites is 2. The minimum atomic E-state index is -0.0700. The number of nitrogens with one attached hydrogen (secondary N) is 1. The van der Waals surface area contributed by atoms with Crippen molar-refractivity contribution in [2.24, 2.45) is 0 Å². The number of methoxy groups -OCH3 is 2. The molecule has 0 unspecified atom stereocenters. The summed E-state index contributed by atoms with van der Waals surface area (Å²) in [5, 5.41) is 5.33. The summed E-state index contributed by atoms with van der Waals surface area (Å²) in [7, 11) is 3.34. The molecule has 4 rings (SSSR count). The summed E-state index contributed by atoms with van der Waals surface area (Å²) >= 11 is 1.74. The third kappa shape index (κ3) is 5.31. The maximum Gasteiger partial charge on any atom is 0.251 e. The lowest BCUT2D eigenvalue weighted by atomic mass is 10.0. The number of piperazine rings is 1. The molecule has 33 heavy (non-hydrogen) atoms. The summed E-state index contributed by atoms with van der Waals surface area (Å²) in [4.78, 5) is 19.1. The molecule has 7 heteroatoms. The van der Waals surface area contributed by atoms with E-state index < -0.39 is 0 Å². The van der Waals surface area contributed by atoms with Crippen LogP contribution in [0.5, 0.6) is 11.5 Å². The van der Waals surface area contributed by atoms with Gasteiger partial charge < -0.3 is 19.7 Å². The molecule has 3 aromatic rings. The molecule has 0 aliphatic carbocycles. The molecule has 1 aliphatic heterocycles. The van der Waals surface area contributed by atoms with Gasteiger partial charge in [0.1, 0.15) is 11.5 Å². The Morgan fingerprint density at radius 2 is 1.67 bits per heavy atom. The van der Waals surface area contributed by atoms with Crippen molar-refractivity contribution in [1.82, 2.24) is 10.2 Å². The molecule has 1 fully saturated rings. The van der Waals surface area contributed by atoms with Gasteiger partial charge in [-0.15, -0.1) is 11.3 Å². The maximum atomic E-state index is 12.9. The topological polar surface area (TPSA) is 54.0 Å². The zero-order chi connectivity index (χ0) is 23.2. The average Bonchev–Trinajstić information content (AvgIpc) is 3.39. The third-order valence-electron chi connectivity index (χ3n) is 6.15. The summed E-state index contributed by atoms with van der Waals surface area (Å²) in [6.07, 6.45) is 0. The van der Waals surface area contributed by atoms with Gasteiger partial charge in [0.05, 0.1) is 25.9 Å². The average molecular weight is 466 g/mol. The van der Waals surface area contributed by atoms with Crippen molar-refractivity contribution in [3.8, 4) is 11.5 Å². The predicted octanol–water partition coefficient (Wildman–Crippen LogP) is 4.45. The number of nitrogens with zero attached hydrogens (tertiary/aromatic N) is 2. The lowest BCUT2D eigenvalue weighted by Crippen LogP contribution is -2.52. The Hall–Kier alpha value is -3.03. The van der Waals surface area contributed by atoms with E-state index in [4.69, 9.17) is 9.47 Å². The van der Waals surface area contributed by atoms with E-state index in [2.05, 4.69) is 51.7 Å². The molecular formula is C26H31N3O3S. The maximum absolute atomic E-state index is 12.9. The highest BCUT2D eigenvalue weighted by Gasteiger charge is 2.31. The van der Waals surface area contributed by atoms with Crippen LogP contribution in [0.25, 0.3) is 0 Å². The highest BCUT2D eigenvalue weighted by molar-refractivity contribution is 7.10. The fourth-order valence-electron chi connectivity index (χ4n) is 4.45. The Morgan fingerprint density at radius 3 is 2.30 bits per heavy atom. The van der Waals surface area contributed by atoms with Gasteiger partial charge in [-0.05, 0) is 54.8 Å². The van der Waals surface area contributed by atoms with Gasteiger partial charge in [-0.1, -0.05) is 18.2 Å².